The number of para-hydroxylation sites is 1. The highest BCUT2D eigenvalue weighted by Crippen LogP contribution is 2.33. The molecule has 0 aliphatic carbocycles. The van der Waals surface area contributed by atoms with Crippen LogP contribution in [0, 0.1) is 13.8 Å². The molecule has 0 atom stereocenters. The van der Waals surface area contributed by atoms with Crippen LogP contribution in [0.1, 0.15) is 27.2 Å². The number of hydrogen-bond donors (Lipinski definition) is 0. The molecular weight excluding hydrogens is 442 g/mol. The fraction of sp³-hybridized carbons (Fsp3) is 0.107. The van der Waals surface area contributed by atoms with Crippen LogP contribution in [-0.2, 0) is 6.54 Å². The zero-order chi connectivity index (χ0) is 23.5. The molecule has 0 fully saturated rings. The summed E-state index contributed by atoms with van der Waals surface area (Å²) >= 11 is 1.53. The molecule has 5 nitrogen and oxygen atoms in total. The molecule has 1 amide bonds. The van der Waals surface area contributed by atoms with E-state index in [1.165, 1.54) is 11.3 Å². The van der Waals surface area contributed by atoms with Gasteiger partial charge in [0.05, 0.1) is 22.5 Å². The summed E-state index contributed by atoms with van der Waals surface area (Å²) in [6, 6.07) is 26.7. The molecule has 0 N–H and O–H groups in total. The standard InChI is InChI=1S/C28H23N3O2S/c1-19-16-20(2)26-25(17-19)30-28(34-26)31(18-22-8-6-7-15-29-22)27(32)21-11-13-24(14-12-21)33-23-9-4-3-5-10-23/h3-17H,18H2,1-2H3. The van der Waals surface area contributed by atoms with Crippen molar-refractivity contribution in [3.8, 4) is 11.5 Å². The molecule has 5 aromatic rings. The van der Waals surface area contributed by atoms with Crippen LogP contribution in [0.2, 0.25) is 0 Å². The van der Waals surface area contributed by atoms with E-state index in [-0.39, 0.29) is 5.91 Å². The van der Waals surface area contributed by atoms with Gasteiger partial charge in [-0.3, -0.25) is 14.7 Å². The van der Waals surface area contributed by atoms with Gasteiger partial charge < -0.3 is 4.74 Å². The summed E-state index contributed by atoms with van der Waals surface area (Å²) in [5, 5.41) is 0.656. The van der Waals surface area contributed by atoms with E-state index in [9.17, 15) is 4.79 Å². The number of carbonyl (C=O) groups is 1. The Morgan fingerprint density at radius 1 is 0.912 bits per heavy atom. The predicted molar refractivity (Wildman–Crippen MR) is 137 cm³/mol. The molecule has 0 bridgehead atoms. The number of aryl methyl sites for hydroxylation is 2. The van der Waals surface area contributed by atoms with Gasteiger partial charge >= 0.3 is 0 Å². The van der Waals surface area contributed by atoms with Gasteiger partial charge in [0.1, 0.15) is 11.5 Å². The smallest absolute Gasteiger partial charge is 0.260 e. The largest absolute Gasteiger partial charge is 0.457 e. The fourth-order valence-corrected chi connectivity index (χ4v) is 4.82. The van der Waals surface area contributed by atoms with E-state index in [2.05, 4.69) is 31.0 Å². The van der Waals surface area contributed by atoms with Gasteiger partial charge in [0.15, 0.2) is 5.13 Å². The molecule has 0 aliphatic rings. The maximum atomic E-state index is 13.7. The molecule has 6 heteroatoms. The minimum Gasteiger partial charge on any atom is -0.457 e. The second-order valence-electron chi connectivity index (χ2n) is 8.08. The first-order valence-corrected chi connectivity index (χ1v) is 11.8. The fourth-order valence-electron chi connectivity index (χ4n) is 3.81. The lowest BCUT2D eigenvalue weighted by Crippen LogP contribution is -2.30. The minimum absolute atomic E-state index is 0.134. The number of ether oxygens (including phenoxy) is 1. The van der Waals surface area contributed by atoms with Gasteiger partial charge in [0.25, 0.3) is 5.91 Å². The number of nitrogens with zero attached hydrogens (tertiary/aromatic N) is 3. The normalized spacial score (nSPS) is 10.9. The maximum Gasteiger partial charge on any atom is 0.260 e. The summed E-state index contributed by atoms with van der Waals surface area (Å²) < 4.78 is 6.96. The van der Waals surface area contributed by atoms with Gasteiger partial charge in [-0.15, -0.1) is 0 Å². The molecule has 0 unspecified atom stereocenters. The van der Waals surface area contributed by atoms with Crippen LogP contribution in [0.3, 0.4) is 0 Å². The van der Waals surface area contributed by atoms with E-state index < -0.39 is 0 Å². The summed E-state index contributed by atoms with van der Waals surface area (Å²) in [6.45, 7) is 4.47. The Balaban J connectivity index is 1.47. The van der Waals surface area contributed by atoms with Gasteiger partial charge in [-0.2, -0.15) is 0 Å². The number of benzene rings is 3. The van der Waals surface area contributed by atoms with E-state index in [4.69, 9.17) is 9.72 Å². The van der Waals surface area contributed by atoms with Crippen molar-refractivity contribution in [1.82, 2.24) is 9.97 Å². The third-order valence-electron chi connectivity index (χ3n) is 5.41. The first kappa shape index (κ1) is 21.8. The Bertz CT molecular complexity index is 1430. The number of aromatic nitrogens is 2. The predicted octanol–water partition coefficient (Wildman–Crippen LogP) is 6.95. The average Bonchev–Trinajstić information content (AvgIpc) is 3.28. The SMILES string of the molecule is Cc1cc(C)c2sc(N(Cc3ccccn3)C(=O)c3ccc(Oc4ccccc4)cc3)nc2c1. The van der Waals surface area contributed by atoms with Crippen molar-refractivity contribution in [3.63, 3.8) is 0 Å². The molecule has 2 heterocycles. The Morgan fingerprint density at radius 2 is 1.65 bits per heavy atom. The lowest BCUT2D eigenvalue weighted by atomic mass is 10.1. The Labute approximate surface area is 202 Å². The highest BCUT2D eigenvalue weighted by atomic mass is 32.1. The molecule has 0 aliphatic heterocycles. The molecule has 0 radical (unpaired) electrons. The van der Waals surface area contributed by atoms with Crippen molar-refractivity contribution in [2.75, 3.05) is 4.90 Å². The van der Waals surface area contributed by atoms with E-state index >= 15 is 0 Å². The second kappa shape index (κ2) is 9.45. The number of thiazole rings is 1. The molecule has 34 heavy (non-hydrogen) atoms. The molecule has 3 aromatic carbocycles. The average molecular weight is 466 g/mol. The van der Waals surface area contributed by atoms with Gasteiger partial charge in [0.2, 0.25) is 0 Å². The number of hydrogen-bond acceptors (Lipinski definition) is 5. The zero-order valence-corrected chi connectivity index (χ0v) is 19.8. The quantitative estimate of drug-likeness (QED) is 0.272. The number of rotatable bonds is 6. The maximum absolute atomic E-state index is 13.7. The number of carbonyl (C=O) groups excluding carboxylic acids is 1. The summed E-state index contributed by atoms with van der Waals surface area (Å²) in [5.74, 6) is 1.29. The lowest BCUT2D eigenvalue weighted by molar-refractivity contribution is 0.0985. The summed E-state index contributed by atoms with van der Waals surface area (Å²) in [5.41, 5.74) is 4.57. The van der Waals surface area contributed by atoms with E-state index in [1.807, 2.05) is 60.7 Å². The van der Waals surface area contributed by atoms with Crippen molar-refractivity contribution in [2.45, 2.75) is 20.4 Å². The minimum atomic E-state index is -0.134. The Morgan fingerprint density at radius 3 is 2.38 bits per heavy atom. The molecule has 5 rings (SSSR count). The number of amides is 1. The lowest BCUT2D eigenvalue weighted by Gasteiger charge is -2.20. The van der Waals surface area contributed by atoms with Gasteiger partial charge in [-0.05, 0) is 79.6 Å². The van der Waals surface area contributed by atoms with Crippen molar-refractivity contribution in [1.29, 1.82) is 0 Å². The molecule has 168 valence electrons. The van der Waals surface area contributed by atoms with Crippen molar-refractivity contribution in [3.05, 3.63) is 114 Å². The molecule has 2 aromatic heterocycles. The van der Waals surface area contributed by atoms with Crippen LogP contribution in [0.5, 0.6) is 11.5 Å². The Hall–Kier alpha value is -4.03. The molecule has 0 saturated heterocycles. The summed E-state index contributed by atoms with van der Waals surface area (Å²) in [7, 11) is 0. The van der Waals surface area contributed by atoms with Crippen LogP contribution >= 0.6 is 11.3 Å². The second-order valence-corrected chi connectivity index (χ2v) is 9.06. The van der Waals surface area contributed by atoms with Crippen LogP contribution in [0.15, 0.2) is 91.1 Å². The first-order chi connectivity index (χ1) is 16.6. The van der Waals surface area contributed by atoms with Crippen molar-refractivity contribution in [2.24, 2.45) is 0 Å². The Kier molecular flexibility index (Phi) is 6.06. The van der Waals surface area contributed by atoms with E-state index in [0.29, 0.717) is 23.0 Å². The number of anilines is 1. The first-order valence-electron chi connectivity index (χ1n) is 11.0. The zero-order valence-electron chi connectivity index (χ0n) is 18.9. The van der Waals surface area contributed by atoms with Crippen molar-refractivity contribution >= 4 is 32.6 Å². The molecule has 0 spiro atoms. The highest BCUT2D eigenvalue weighted by molar-refractivity contribution is 7.22. The number of fused-ring (bicyclic) bond motifs is 1. The van der Waals surface area contributed by atoms with E-state index in [1.54, 1.807) is 23.2 Å². The van der Waals surface area contributed by atoms with Gasteiger partial charge in [0, 0.05) is 11.8 Å². The third-order valence-corrected chi connectivity index (χ3v) is 6.64. The molecular formula is C28H23N3O2S. The van der Waals surface area contributed by atoms with Gasteiger partial charge in [-0.25, -0.2) is 4.98 Å². The third kappa shape index (κ3) is 4.67. The van der Waals surface area contributed by atoms with Crippen LogP contribution in [0.25, 0.3) is 10.2 Å². The van der Waals surface area contributed by atoms with Crippen molar-refractivity contribution < 1.29 is 9.53 Å². The van der Waals surface area contributed by atoms with E-state index in [0.717, 1.165) is 32.8 Å². The van der Waals surface area contributed by atoms with Crippen LogP contribution in [-0.4, -0.2) is 15.9 Å². The van der Waals surface area contributed by atoms with Crippen LogP contribution < -0.4 is 9.64 Å². The van der Waals surface area contributed by atoms with Crippen LogP contribution in [0.4, 0.5) is 5.13 Å². The van der Waals surface area contributed by atoms with Gasteiger partial charge in [-0.1, -0.05) is 41.7 Å². The summed E-state index contributed by atoms with van der Waals surface area (Å²) in [4.78, 5) is 24.6. The summed E-state index contributed by atoms with van der Waals surface area (Å²) in [6.07, 6.45) is 1.74. The monoisotopic (exact) mass is 465 g/mol. The topological polar surface area (TPSA) is 55.3 Å². The number of pyridine rings is 1. The molecule has 0 saturated carbocycles. The highest BCUT2D eigenvalue weighted by Gasteiger charge is 2.23.